The van der Waals surface area contributed by atoms with Crippen LogP contribution in [0.25, 0.3) is 11.0 Å². The van der Waals surface area contributed by atoms with Crippen molar-refractivity contribution in [2.75, 3.05) is 11.5 Å². The molecule has 19 heavy (non-hydrogen) atoms. The lowest BCUT2D eigenvalue weighted by Crippen LogP contribution is -2.26. The molecule has 0 N–H and O–H groups in total. The lowest BCUT2D eigenvalue weighted by atomic mass is 10.1. The van der Waals surface area contributed by atoms with E-state index in [2.05, 4.69) is 9.55 Å². The van der Waals surface area contributed by atoms with Crippen LogP contribution in [0.5, 0.6) is 0 Å². The van der Waals surface area contributed by atoms with E-state index in [0.29, 0.717) is 18.7 Å². The highest BCUT2D eigenvalue weighted by molar-refractivity contribution is 7.91. The topological polar surface area (TPSA) is 52.0 Å². The summed E-state index contributed by atoms with van der Waals surface area (Å²) in [5.41, 5.74) is 1.97. The van der Waals surface area contributed by atoms with Crippen molar-refractivity contribution in [3.63, 3.8) is 0 Å². The summed E-state index contributed by atoms with van der Waals surface area (Å²) >= 11 is 5.98. The zero-order valence-electron chi connectivity index (χ0n) is 10.4. The number of fused-ring (bicyclic) bond motifs is 1. The number of nitrogens with zero attached hydrogens (tertiary/aromatic N) is 2. The molecular weight excluding hydrogens is 284 g/mol. The fourth-order valence-corrected chi connectivity index (χ4v) is 4.39. The minimum absolute atomic E-state index is 0.185. The van der Waals surface area contributed by atoms with E-state index in [-0.39, 0.29) is 17.5 Å². The van der Waals surface area contributed by atoms with E-state index >= 15 is 0 Å². The predicted molar refractivity (Wildman–Crippen MR) is 76.2 cm³/mol. The van der Waals surface area contributed by atoms with Gasteiger partial charge in [-0.05, 0) is 25.0 Å². The van der Waals surface area contributed by atoms with Gasteiger partial charge in [-0.15, -0.1) is 11.6 Å². The number of para-hydroxylation sites is 2. The van der Waals surface area contributed by atoms with Crippen molar-refractivity contribution in [3.05, 3.63) is 30.1 Å². The maximum absolute atomic E-state index is 11.5. The minimum Gasteiger partial charge on any atom is -0.324 e. The molecule has 102 valence electrons. The van der Waals surface area contributed by atoms with Gasteiger partial charge in [0.05, 0.1) is 28.4 Å². The number of alkyl halides is 1. The fraction of sp³-hybridized carbons (Fsp3) is 0.462. The number of sulfone groups is 1. The number of benzene rings is 1. The second-order valence-electron chi connectivity index (χ2n) is 4.90. The quantitative estimate of drug-likeness (QED) is 0.801. The largest absolute Gasteiger partial charge is 0.324 e. The summed E-state index contributed by atoms with van der Waals surface area (Å²) in [6.45, 7) is 0. The highest BCUT2D eigenvalue weighted by Gasteiger charge is 2.27. The van der Waals surface area contributed by atoms with E-state index in [9.17, 15) is 8.42 Å². The molecule has 0 saturated carbocycles. The van der Waals surface area contributed by atoms with Crippen LogP contribution in [0.3, 0.4) is 0 Å². The van der Waals surface area contributed by atoms with Crippen LogP contribution in [0.15, 0.2) is 24.3 Å². The average Bonchev–Trinajstić information content (AvgIpc) is 2.77. The van der Waals surface area contributed by atoms with Crippen molar-refractivity contribution < 1.29 is 8.42 Å². The van der Waals surface area contributed by atoms with Gasteiger partial charge in [0, 0.05) is 6.04 Å². The molecule has 0 amide bonds. The van der Waals surface area contributed by atoms with Gasteiger partial charge in [-0.1, -0.05) is 12.1 Å². The molecule has 1 fully saturated rings. The van der Waals surface area contributed by atoms with Crippen molar-refractivity contribution in [2.45, 2.75) is 24.8 Å². The summed E-state index contributed by atoms with van der Waals surface area (Å²) in [5, 5.41) is 0. The van der Waals surface area contributed by atoms with Gasteiger partial charge >= 0.3 is 0 Å². The number of hydrogen-bond donors (Lipinski definition) is 0. The molecule has 0 spiro atoms. The molecule has 1 aliphatic heterocycles. The van der Waals surface area contributed by atoms with E-state index in [4.69, 9.17) is 11.6 Å². The average molecular weight is 299 g/mol. The Hall–Kier alpha value is -1.07. The van der Waals surface area contributed by atoms with Crippen LogP contribution in [-0.2, 0) is 15.7 Å². The summed E-state index contributed by atoms with van der Waals surface area (Å²) < 4.78 is 25.2. The summed E-state index contributed by atoms with van der Waals surface area (Å²) in [7, 11) is -2.85. The van der Waals surface area contributed by atoms with Gasteiger partial charge in [0.25, 0.3) is 0 Å². The molecule has 0 unspecified atom stereocenters. The fourth-order valence-electron chi connectivity index (χ4n) is 2.73. The zero-order valence-corrected chi connectivity index (χ0v) is 12.0. The summed E-state index contributed by atoms with van der Waals surface area (Å²) in [4.78, 5) is 4.52. The van der Waals surface area contributed by atoms with Crippen LogP contribution >= 0.6 is 11.6 Å². The van der Waals surface area contributed by atoms with Crippen molar-refractivity contribution >= 4 is 32.5 Å². The number of imidazole rings is 1. The van der Waals surface area contributed by atoms with Crippen LogP contribution in [-0.4, -0.2) is 29.5 Å². The van der Waals surface area contributed by atoms with E-state index in [1.807, 2.05) is 24.3 Å². The number of hydrogen-bond acceptors (Lipinski definition) is 3. The Labute approximate surface area is 117 Å². The highest BCUT2D eigenvalue weighted by atomic mass is 35.5. The molecule has 3 rings (SSSR count). The van der Waals surface area contributed by atoms with Crippen molar-refractivity contribution in [1.29, 1.82) is 0 Å². The van der Waals surface area contributed by atoms with Crippen LogP contribution in [0, 0.1) is 0 Å². The maximum atomic E-state index is 11.5. The summed E-state index contributed by atoms with van der Waals surface area (Å²) in [6, 6.07) is 8.08. The van der Waals surface area contributed by atoms with Crippen molar-refractivity contribution in [1.82, 2.24) is 9.55 Å². The van der Waals surface area contributed by atoms with E-state index in [0.717, 1.165) is 16.9 Å². The molecule has 2 heterocycles. The Morgan fingerprint density at radius 1 is 1.26 bits per heavy atom. The molecule has 1 aromatic carbocycles. The lowest BCUT2D eigenvalue weighted by molar-refractivity contribution is 0.450. The van der Waals surface area contributed by atoms with Crippen LogP contribution in [0.4, 0.5) is 0 Å². The zero-order chi connectivity index (χ0) is 13.5. The van der Waals surface area contributed by atoms with Crippen LogP contribution < -0.4 is 0 Å². The summed E-state index contributed by atoms with van der Waals surface area (Å²) in [6.07, 6.45) is 1.29. The van der Waals surface area contributed by atoms with E-state index in [1.165, 1.54) is 0 Å². The Bertz CT molecular complexity index is 695. The monoisotopic (exact) mass is 298 g/mol. The van der Waals surface area contributed by atoms with Crippen LogP contribution in [0.1, 0.15) is 24.7 Å². The number of rotatable bonds is 2. The third-order valence-electron chi connectivity index (χ3n) is 3.68. The first-order valence-corrected chi connectivity index (χ1v) is 8.68. The minimum atomic E-state index is -2.85. The molecule has 1 aliphatic rings. The van der Waals surface area contributed by atoms with Gasteiger partial charge in [0.15, 0.2) is 0 Å². The first-order chi connectivity index (χ1) is 9.11. The SMILES string of the molecule is O=S1(=O)CCC(n2c(CCl)nc3ccccc32)CC1. The van der Waals surface area contributed by atoms with Gasteiger partial charge in [0.2, 0.25) is 0 Å². The molecule has 0 radical (unpaired) electrons. The maximum Gasteiger partial charge on any atom is 0.150 e. The molecule has 6 heteroatoms. The Kier molecular flexibility index (Phi) is 3.27. The second-order valence-corrected chi connectivity index (χ2v) is 7.47. The molecule has 0 bridgehead atoms. The summed E-state index contributed by atoms with van der Waals surface area (Å²) in [5.74, 6) is 1.68. The van der Waals surface area contributed by atoms with Gasteiger partial charge in [0.1, 0.15) is 15.7 Å². The Balaban J connectivity index is 2.04. The van der Waals surface area contributed by atoms with Gasteiger partial charge in [-0.25, -0.2) is 13.4 Å². The Morgan fingerprint density at radius 3 is 2.63 bits per heavy atom. The normalized spacial score (nSPS) is 19.8. The molecule has 0 atom stereocenters. The number of aromatic nitrogens is 2. The Morgan fingerprint density at radius 2 is 1.95 bits per heavy atom. The van der Waals surface area contributed by atoms with Crippen molar-refractivity contribution in [2.24, 2.45) is 0 Å². The third kappa shape index (κ3) is 2.37. The highest BCUT2D eigenvalue weighted by Crippen LogP contribution is 2.30. The second kappa shape index (κ2) is 4.80. The first kappa shape index (κ1) is 12.9. The smallest absolute Gasteiger partial charge is 0.150 e. The van der Waals surface area contributed by atoms with Gasteiger partial charge in [-0.3, -0.25) is 0 Å². The van der Waals surface area contributed by atoms with Gasteiger partial charge < -0.3 is 4.57 Å². The first-order valence-electron chi connectivity index (χ1n) is 6.33. The third-order valence-corrected chi connectivity index (χ3v) is 5.63. The number of halogens is 1. The molecular formula is C13H15ClN2O2S. The van der Waals surface area contributed by atoms with Crippen molar-refractivity contribution in [3.8, 4) is 0 Å². The molecule has 0 aliphatic carbocycles. The molecule has 2 aromatic rings. The van der Waals surface area contributed by atoms with Crippen LogP contribution in [0.2, 0.25) is 0 Å². The molecule has 1 aromatic heterocycles. The van der Waals surface area contributed by atoms with E-state index < -0.39 is 9.84 Å². The molecule has 1 saturated heterocycles. The van der Waals surface area contributed by atoms with Gasteiger partial charge in [-0.2, -0.15) is 0 Å². The standard InChI is InChI=1S/C13H15ClN2O2S/c14-9-13-15-11-3-1-2-4-12(11)16(13)10-5-7-19(17,18)8-6-10/h1-4,10H,5-9H2. The molecule has 4 nitrogen and oxygen atoms in total. The lowest BCUT2D eigenvalue weighted by Gasteiger charge is -2.25. The predicted octanol–water partition coefficient (Wildman–Crippen LogP) is 2.52. The van der Waals surface area contributed by atoms with E-state index in [1.54, 1.807) is 0 Å².